The van der Waals surface area contributed by atoms with E-state index in [2.05, 4.69) is 10.1 Å². The molecular weight excluding hydrogens is 278 g/mol. The minimum absolute atomic E-state index is 0.0560. The molecule has 5 heteroatoms. The Morgan fingerprint density at radius 2 is 1.85 bits per heavy atom. The molecule has 108 valence electrons. The average Bonchev–Trinajstić information content (AvgIpc) is 2.38. The molecule has 0 radical (unpaired) electrons. The van der Waals surface area contributed by atoms with E-state index in [1.807, 2.05) is 0 Å². The highest BCUT2D eigenvalue weighted by Crippen LogP contribution is 2.23. The van der Waals surface area contributed by atoms with Gasteiger partial charge in [-0.2, -0.15) is 0 Å². The Morgan fingerprint density at radius 3 is 2.35 bits per heavy atom. The molecule has 1 aromatic rings. The lowest BCUT2D eigenvalue weighted by Crippen LogP contribution is -2.22. The van der Waals surface area contributed by atoms with E-state index in [0.717, 1.165) is 0 Å². The van der Waals surface area contributed by atoms with Crippen molar-refractivity contribution in [1.82, 2.24) is 0 Å². The topological polar surface area (TPSA) is 55.4 Å². The van der Waals surface area contributed by atoms with Crippen LogP contribution in [0.5, 0.6) is 0 Å². The molecular formula is C15H18ClNO3. The zero-order chi connectivity index (χ0) is 15.3. The number of benzene rings is 1. The van der Waals surface area contributed by atoms with Gasteiger partial charge in [0.15, 0.2) is 5.78 Å². The lowest BCUT2D eigenvalue weighted by molar-refractivity contribution is -0.136. The number of carbonyl (C=O) groups is 2. The van der Waals surface area contributed by atoms with Crippen LogP contribution in [0.3, 0.4) is 0 Å². The first-order valence-electron chi connectivity index (χ1n) is 6.11. The summed E-state index contributed by atoms with van der Waals surface area (Å²) in [4.78, 5) is 23.8. The summed E-state index contributed by atoms with van der Waals surface area (Å²) >= 11 is 6.02. The maximum Gasteiger partial charge on any atom is 0.354 e. The van der Waals surface area contributed by atoms with E-state index >= 15 is 0 Å². The summed E-state index contributed by atoms with van der Waals surface area (Å²) in [5, 5.41) is 3.28. The van der Waals surface area contributed by atoms with Gasteiger partial charge < -0.3 is 10.1 Å². The first-order chi connectivity index (χ1) is 9.25. The van der Waals surface area contributed by atoms with Gasteiger partial charge >= 0.3 is 5.97 Å². The summed E-state index contributed by atoms with van der Waals surface area (Å²) in [5.41, 5.74) is 0.00888. The first kappa shape index (κ1) is 16.2. The number of ether oxygens (including phenoxy) is 1. The van der Waals surface area contributed by atoms with Crippen LogP contribution in [0.2, 0.25) is 5.02 Å². The van der Waals surface area contributed by atoms with Crippen LogP contribution in [0.1, 0.15) is 20.8 Å². The van der Waals surface area contributed by atoms with Gasteiger partial charge in [0.1, 0.15) is 5.70 Å². The quantitative estimate of drug-likeness (QED) is 0.683. The van der Waals surface area contributed by atoms with Crippen LogP contribution in [0.15, 0.2) is 36.0 Å². The normalized spacial score (nSPS) is 11.9. The number of ketones is 1. The lowest BCUT2D eigenvalue weighted by Gasteiger charge is -2.16. The van der Waals surface area contributed by atoms with Crippen molar-refractivity contribution in [2.75, 3.05) is 12.4 Å². The number of carbonyl (C=O) groups excluding carboxylic acids is 2. The minimum atomic E-state index is -0.623. The molecule has 0 unspecified atom stereocenters. The summed E-state index contributed by atoms with van der Waals surface area (Å²) in [7, 11) is 1.26. The van der Waals surface area contributed by atoms with Crippen molar-refractivity contribution in [3.63, 3.8) is 0 Å². The van der Waals surface area contributed by atoms with Crippen LogP contribution in [0.4, 0.5) is 5.69 Å². The Morgan fingerprint density at radius 1 is 1.25 bits per heavy atom. The molecule has 0 aliphatic rings. The fourth-order valence-electron chi connectivity index (χ4n) is 1.31. The van der Waals surface area contributed by atoms with Crippen molar-refractivity contribution in [3.8, 4) is 0 Å². The van der Waals surface area contributed by atoms with Gasteiger partial charge in [-0.15, -0.1) is 0 Å². The summed E-state index contributed by atoms with van der Waals surface area (Å²) in [6, 6.07) is 6.94. The third-order valence-electron chi connectivity index (χ3n) is 2.56. The van der Waals surface area contributed by atoms with Gasteiger partial charge in [0, 0.05) is 11.5 Å². The largest absolute Gasteiger partial charge is 0.464 e. The van der Waals surface area contributed by atoms with Crippen molar-refractivity contribution in [1.29, 1.82) is 0 Å². The number of allylic oxidation sites excluding steroid dienone is 1. The summed E-state index contributed by atoms with van der Waals surface area (Å²) in [6.07, 6.45) is 1.25. The Kier molecular flexibility index (Phi) is 5.34. The van der Waals surface area contributed by atoms with Crippen molar-refractivity contribution in [2.24, 2.45) is 5.41 Å². The van der Waals surface area contributed by atoms with E-state index in [9.17, 15) is 9.59 Å². The van der Waals surface area contributed by atoms with Crippen LogP contribution >= 0.6 is 11.6 Å². The number of para-hydroxylation sites is 1. The highest BCUT2D eigenvalue weighted by Gasteiger charge is 2.22. The molecule has 0 fully saturated rings. The third-order valence-corrected chi connectivity index (χ3v) is 2.89. The van der Waals surface area contributed by atoms with Gasteiger partial charge in [-0.05, 0) is 12.1 Å². The van der Waals surface area contributed by atoms with E-state index in [-0.39, 0.29) is 11.5 Å². The Bertz CT molecular complexity index is 544. The lowest BCUT2D eigenvalue weighted by atomic mass is 9.90. The molecule has 0 saturated heterocycles. The zero-order valence-electron chi connectivity index (χ0n) is 12.0. The molecule has 0 heterocycles. The molecule has 1 aromatic carbocycles. The summed E-state index contributed by atoms with van der Waals surface area (Å²) in [5.74, 6) is -0.806. The third kappa shape index (κ3) is 4.38. The maximum atomic E-state index is 12.0. The molecule has 0 amide bonds. The van der Waals surface area contributed by atoms with Crippen LogP contribution in [0, 0.1) is 5.41 Å². The second-order valence-corrected chi connectivity index (χ2v) is 5.68. The molecule has 0 aromatic heterocycles. The van der Waals surface area contributed by atoms with E-state index in [1.54, 1.807) is 45.0 Å². The van der Waals surface area contributed by atoms with Crippen molar-refractivity contribution < 1.29 is 14.3 Å². The second kappa shape index (κ2) is 6.57. The van der Waals surface area contributed by atoms with Crippen LogP contribution in [-0.4, -0.2) is 18.9 Å². The monoisotopic (exact) mass is 295 g/mol. The predicted octanol–water partition coefficient (Wildman–Crippen LogP) is 3.42. The Hall–Kier alpha value is -1.81. The van der Waals surface area contributed by atoms with Gasteiger partial charge in [0.25, 0.3) is 0 Å². The average molecular weight is 296 g/mol. The van der Waals surface area contributed by atoms with Crippen LogP contribution in [0.25, 0.3) is 0 Å². The SMILES string of the molecule is COC(=O)/C(=C/C(=O)C(C)(C)C)Nc1ccccc1Cl. The Balaban J connectivity index is 3.09. The van der Waals surface area contributed by atoms with E-state index in [0.29, 0.717) is 10.7 Å². The minimum Gasteiger partial charge on any atom is -0.464 e. The maximum absolute atomic E-state index is 12.0. The fourth-order valence-corrected chi connectivity index (χ4v) is 1.49. The summed E-state index contributed by atoms with van der Waals surface area (Å²) < 4.78 is 4.67. The molecule has 4 nitrogen and oxygen atoms in total. The first-order valence-corrected chi connectivity index (χ1v) is 6.49. The van der Waals surface area contributed by atoms with Gasteiger partial charge in [-0.25, -0.2) is 4.79 Å². The van der Waals surface area contributed by atoms with Crippen molar-refractivity contribution >= 4 is 29.0 Å². The molecule has 20 heavy (non-hydrogen) atoms. The van der Waals surface area contributed by atoms with Crippen LogP contribution in [-0.2, 0) is 14.3 Å². The van der Waals surface area contributed by atoms with E-state index in [1.165, 1.54) is 13.2 Å². The molecule has 0 saturated carbocycles. The molecule has 0 spiro atoms. The molecule has 0 aliphatic heterocycles. The molecule has 0 bridgehead atoms. The smallest absolute Gasteiger partial charge is 0.354 e. The van der Waals surface area contributed by atoms with Crippen molar-refractivity contribution in [2.45, 2.75) is 20.8 Å². The number of methoxy groups -OCH3 is 1. The van der Waals surface area contributed by atoms with Gasteiger partial charge in [0.05, 0.1) is 17.8 Å². The zero-order valence-corrected chi connectivity index (χ0v) is 12.7. The van der Waals surface area contributed by atoms with Gasteiger partial charge in [-0.1, -0.05) is 44.5 Å². The molecule has 1 N–H and O–H groups in total. The highest BCUT2D eigenvalue weighted by atomic mass is 35.5. The standard InChI is InChI=1S/C15H18ClNO3/c1-15(2,3)13(18)9-12(14(19)20-4)17-11-8-6-5-7-10(11)16/h5-9,17H,1-4H3/b12-9-. The van der Waals surface area contributed by atoms with Gasteiger partial charge in [-0.3, -0.25) is 4.79 Å². The number of halogens is 1. The second-order valence-electron chi connectivity index (χ2n) is 5.27. The van der Waals surface area contributed by atoms with Gasteiger partial charge in [0.2, 0.25) is 0 Å². The Labute approximate surface area is 123 Å². The van der Waals surface area contributed by atoms with Crippen LogP contribution < -0.4 is 5.32 Å². The van der Waals surface area contributed by atoms with Crippen molar-refractivity contribution in [3.05, 3.63) is 41.1 Å². The fraction of sp³-hybridized carbons (Fsp3) is 0.333. The van der Waals surface area contributed by atoms with E-state index in [4.69, 9.17) is 11.6 Å². The summed E-state index contributed by atoms with van der Waals surface area (Å²) in [6.45, 7) is 5.32. The number of hydrogen-bond donors (Lipinski definition) is 1. The number of rotatable bonds is 4. The number of hydrogen-bond acceptors (Lipinski definition) is 4. The number of nitrogens with one attached hydrogen (secondary N) is 1. The number of esters is 1. The predicted molar refractivity (Wildman–Crippen MR) is 79.6 cm³/mol. The van der Waals surface area contributed by atoms with E-state index < -0.39 is 11.4 Å². The molecule has 1 rings (SSSR count). The number of anilines is 1. The molecule has 0 atom stereocenters. The molecule has 0 aliphatic carbocycles. The highest BCUT2D eigenvalue weighted by molar-refractivity contribution is 6.33.